The summed E-state index contributed by atoms with van der Waals surface area (Å²) < 4.78 is 27.2. The predicted molar refractivity (Wildman–Crippen MR) is 89.1 cm³/mol. The fraction of sp³-hybridized carbons (Fsp3) is 0.400. The van der Waals surface area contributed by atoms with Crippen LogP contribution in [-0.2, 0) is 23.1 Å². The van der Waals surface area contributed by atoms with Gasteiger partial charge in [-0.2, -0.15) is 0 Å². The molecule has 0 saturated carbocycles. The van der Waals surface area contributed by atoms with Crippen LogP contribution in [-0.4, -0.2) is 41.4 Å². The van der Waals surface area contributed by atoms with E-state index in [1.54, 1.807) is 30.6 Å². The maximum atomic E-state index is 12.3. The van der Waals surface area contributed by atoms with Gasteiger partial charge in [-0.05, 0) is 31.5 Å². The van der Waals surface area contributed by atoms with Gasteiger partial charge >= 0.3 is 0 Å². The zero-order valence-electron chi connectivity index (χ0n) is 13.3. The van der Waals surface area contributed by atoms with Gasteiger partial charge in [-0.25, -0.2) is 8.42 Å². The van der Waals surface area contributed by atoms with Gasteiger partial charge in [0.1, 0.15) is 6.33 Å². The largest absolute Gasteiger partial charge is 0.345 e. The quantitative estimate of drug-likeness (QED) is 0.860. The SMILES string of the molecule is CCn1cnnc1CNC(=O)c1cccc(N2CCCS2(=O)=O)c1. The summed E-state index contributed by atoms with van der Waals surface area (Å²) in [6.45, 7) is 3.40. The van der Waals surface area contributed by atoms with Gasteiger partial charge in [-0.3, -0.25) is 9.10 Å². The number of anilines is 1. The third kappa shape index (κ3) is 3.25. The van der Waals surface area contributed by atoms with E-state index >= 15 is 0 Å². The molecule has 24 heavy (non-hydrogen) atoms. The number of aryl methyl sites for hydroxylation is 1. The standard InChI is InChI=1S/C15H19N5O3S/c1-2-19-11-17-18-14(19)10-16-15(21)12-5-3-6-13(9-12)20-7-4-8-24(20,22)23/h3,5-6,9,11H,2,4,7-8,10H2,1H3,(H,16,21). The van der Waals surface area contributed by atoms with E-state index in [-0.39, 0.29) is 18.2 Å². The number of sulfonamides is 1. The average Bonchev–Trinajstić information content (AvgIpc) is 3.17. The van der Waals surface area contributed by atoms with Crippen molar-refractivity contribution in [2.24, 2.45) is 0 Å². The molecule has 1 N–H and O–H groups in total. The van der Waals surface area contributed by atoms with Gasteiger partial charge in [0.05, 0.1) is 18.0 Å². The summed E-state index contributed by atoms with van der Waals surface area (Å²) >= 11 is 0. The highest BCUT2D eigenvalue weighted by atomic mass is 32.2. The van der Waals surface area contributed by atoms with Crippen LogP contribution in [0.15, 0.2) is 30.6 Å². The molecule has 128 valence electrons. The first-order valence-electron chi connectivity index (χ1n) is 7.76. The smallest absolute Gasteiger partial charge is 0.251 e. The normalized spacial score (nSPS) is 16.3. The van der Waals surface area contributed by atoms with Gasteiger partial charge in [0.15, 0.2) is 5.82 Å². The average molecular weight is 349 g/mol. The molecule has 1 aromatic heterocycles. The number of hydrogen-bond acceptors (Lipinski definition) is 5. The highest BCUT2D eigenvalue weighted by Crippen LogP contribution is 2.24. The Hall–Kier alpha value is -2.42. The number of rotatable bonds is 5. The van der Waals surface area contributed by atoms with E-state index in [1.165, 1.54) is 4.31 Å². The van der Waals surface area contributed by atoms with E-state index in [0.29, 0.717) is 30.0 Å². The Morgan fingerprint density at radius 1 is 1.38 bits per heavy atom. The van der Waals surface area contributed by atoms with Crippen LogP contribution in [0.2, 0.25) is 0 Å². The summed E-state index contributed by atoms with van der Waals surface area (Å²) in [5, 5.41) is 10.6. The highest BCUT2D eigenvalue weighted by Gasteiger charge is 2.28. The van der Waals surface area contributed by atoms with Crippen LogP contribution in [0.25, 0.3) is 0 Å². The summed E-state index contributed by atoms with van der Waals surface area (Å²) in [6.07, 6.45) is 2.21. The second kappa shape index (κ2) is 6.60. The van der Waals surface area contributed by atoms with Gasteiger partial charge in [-0.15, -0.1) is 10.2 Å². The molecule has 1 amide bonds. The van der Waals surface area contributed by atoms with Gasteiger partial charge in [0, 0.05) is 18.7 Å². The zero-order valence-corrected chi connectivity index (χ0v) is 14.2. The van der Waals surface area contributed by atoms with Crippen molar-refractivity contribution in [3.8, 4) is 0 Å². The fourth-order valence-electron chi connectivity index (χ4n) is 2.67. The lowest BCUT2D eigenvalue weighted by Crippen LogP contribution is -2.27. The van der Waals surface area contributed by atoms with Crippen LogP contribution >= 0.6 is 0 Å². The summed E-state index contributed by atoms with van der Waals surface area (Å²) in [5.41, 5.74) is 0.939. The Morgan fingerprint density at radius 2 is 2.21 bits per heavy atom. The first-order chi connectivity index (χ1) is 11.5. The lowest BCUT2D eigenvalue weighted by Gasteiger charge is -2.17. The van der Waals surface area contributed by atoms with Gasteiger partial charge in [-0.1, -0.05) is 6.07 Å². The van der Waals surface area contributed by atoms with Crippen molar-refractivity contribution in [1.29, 1.82) is 0 Å². The molecule has 8 nitrogen and oxygen atoms in total. The van der Waals surface area contributed by atoms with Crippen molar-refractivity contribution >= 4 is 21.6 Å². The fourth-order valence-corrected chi connectivity index (χ4v) is 4.23. The molecule has 0 spiro atoms. The van der Waals surface area contributed by atoms with Crippen molar-refractivity contribution in [3.05, 3.63) is 42.0 Å². The molecule has 2 aromatic rings. The lowest BCUT2D eigenvalue weighted by atomic mass is 10.2. The van der Waals surface area contributed by atoms with Crippen molar-refractivity contribution in [1.82, 2.24) is 20.1 Å². The number of nitrogens with zero attached hydrogens (tertiary/aromatic N) is 4. The zero-order chi connectivity index (χ0) is 17.2. The molecule has 2 heterocycles. The topological polar surface area (TPSA) is 97.2 Å². The maximum absolute atomic E-state index is 12.3. The molecule has 1 saturated heterocycles. The molecule has 0 bridgehead atoms. The molecule has 1 aliphatic rings. The Bertz CT molecular complexity index is 846. The molecule has 1 aliphatic heterocycles. The van der Waals surface area contributed by atoms with Crippen molar-refractivity contribution in [3.63, 3.8) is 0 Å². The van der Waals surface area contributed by atoms with Crippen molar-refractivity contribution in [2.75, 3.05) is 16.6 Å². The van der Waals surface area contributed by atoms with E-state index in [1.807, 2.05) is 11.5 Å². The number of benzene rings is 1. The first-order valence-corrected chi connectivity index (χ1v) is 9.37. The second-order valence-corrected chi connectivity index (χ2v) is 7.52. The van der Waals surface area contributed by atoms with E-state index in [2.05, 4.69) is 15.5 Å². The summed E-state index contributed by atoms with van der Waals surface area (Å²) in [6, 6.07) is 6.65. The molecular formula is C15H19N5O3S. The lowest BCUT2D eigenvalue weighted by molar-refractivity contribution is 0.0949. The second-order valence-electron chi connectivity index (χ2n) is 5.51. The highest BCUT2D eigenvalue weighted by molar-refractivity contribution is 7.93. The van der Waals surface area contributed by atoms with Crippen LogP contribution in [0.5, 0.6) is 0 Å². The predicted octanol–water partition coefficient (Wildman–Crippen LogP) is 0.768. The summed E-state index contributed by atoms with van der Waals surface area (Å²) in [7, 11) is -3.26. The Morgan fingerprint density at radius 3 is 2.92 bits per heavy atom. The minimum Gasteiger partial charge on any atom is -0.345 e. The molecule has 0 radical (unpaired) electrons. The van der Waals surface area contributed by atoms with E-state index in [9.17, 15) is 13.2 Å². The number of carbonyl (C=O) groups is 1. The molecule has 3 rings (SSSR count). The summed E-state index contributed by atoms with van der Waals surface area (Å²) in [5.74, 6) is 0.541. The maximum Gasteiger partial charge on any atom is 0.251 e. The first kappa shape index (κ1) is 16.4. The molecule has 1 aromatic carbocycles. The third-order valence-electron chi connectivity index (χ3n) is 3.94. The number of aromatic nitrogens is 3. The van der Waals surface area contributed by atoms with E-state index < -0.39 is 10.0 Å². The van der Waals surface area contributed by atoms with Crippen LogP contribution < -0.4 is 9.62 Å². The summed E-state index contributed by atoms with van der Waals surface area (Å²) in [4.78, 5) is 12.3. The van der Waals surface area contributed by atoms with Crippen LogP contribution in [0, 0.1) is 0 Å². The van der Waals surface area contributed by atoms with Gasteiger partial charge < -0.3 is 9.88 Å². The molecule has 0 aliphatic carbocycles. The van der Waals surface area contributed by atoms with Crippen molar-refractivity contribution in [2.45, 2.75) is 26.4 Å². The number of carbonyl (C=O) groups excluding carboxylic acids is 1. The van der Waals surface area contributed by atoms with E-state index in [4.69, 9.17) is 0 Å². The number of nitrogens with one attached hydrogen (secondary N) is 1. The Balaban J connectivity index is 1.73. The van der Waals surface area contributed by atoms with Gasteiger partial charge in [0.2, 0.25) is 10.0 Å². The molecule has 1 fully saturated rings. The van der Waals surface area contributed by atoms with Crippen molar-refractivity contribution < 1.29 is 13.2 Å². The Kier molecular flexibility index (Phi) is 4.52. The number of hydrogen-bond donors (Lipinski definition) is 1. The van der Waals surface area contributed by atoms with E-state index in [0.717, 1.165) is 6.54 Å². The van der Waals surface area contributed by atoms with Crippen LogP contribution in [0.1, 0.15) is 29.5 Å². The third-order valence-corrected chi connectivity index (χ3v) is 5.81. The van der Waals surface area contributed by atoms with Crippen LogP contribution in [0.3, 0.4) is 0 Å². The molecule has 0 atom stereocenters. The number of amides is 1. The minimum absolute atomic E-state index is 0.149. The molecule has 0 unspecified atom stereocenters. The monoisotopic (exact) mass is 349 g/mol. The van der Waals surface area contributed by atoms with Gasteiger partial charge in [0.25, 0.3) is 5.91 Å². The van der Waals surface area contributed by atoms with Crippen LogP contribution in [0.4, 0.5) is 5.69 Å². The molecular weight excluding hydrogens is 330 g/mol. The Labute approximate surface area is 140 Å². The minimum atomic E-state index is -3.26. The molecule has 9 heteroatoms.